The van der Waals surface area contributed by atoms with Crippen molar-refractivity contribution in [2.75, 3.05) is 11.9 Å². The summed E-state index contributed by atoms with van der Waals surface area (Å²) in [6.45, 7) is 3.86. The van der Waals surface area contributed by atoms with E-state index < -0.39 is 28.0 Å². The minimum atomic E-state index is -3.69. The first kappa shape index (κ1) is 21.8. The quantitative estimate of drug-likeness (QED) is 0.590. The van der Waals surface area contributed by atoms with E-state index in [4.69, 9.17) is 9.47 Å². The number of sulfonamides is 1. The van der Waals surface area contributed by atoms with Gasteiger partial charge in [0.05, 0.1) is 17.1 Å². The summed E-state index contributed by atoms with van der Waals surface area (Å²) < 4.78 is 37.7. The molecule has 1 aliphatic carbocycles. The molecule has 0 saturated heterocycles. The molecule has 0 aromatic heterocycles. The number of hydrogen-bond acceptors (Lipinski definition) is 6. The molecule has 0 heterocycles. The molecule has 30 heavy (non-hydrogen) atoms. The molecule has 0 bridgehead atoms. The Morgan fingerprint density at radius 2 is 1.83 bits per heavy atom. The van der Waals surface area contributed by atoms with Crippen LogP contribution in [0.25, 0.3) is 0 Å². The van der Waals surface area contributed by atoms with Gasteiger partial charge in [-0.15, -0.1) is 0 Å². The first-order chi connectivity index (χ1) is 14.3. The second kappa shape index (κ2) is 9.27. The van der Waals surface area contributed by atoms with Crippen LogP contribution < -0.4 is 14.8 Å². The number of amides is 1. The van der Waals surface area contributed by atoms with E-state index in [1.807, 2.05) is 6.92 Å². The molecule has 0 spiro atoms. The number of esters is 1. The van der Waals surface area contributed by atoms with Gasteiger partial charge >= 0.3 is 5.97 Å². The van der Waals surface area contributed by atoms with Gasteiger partial charge in [-0.25, -0.2) is 17.9 Å². The van der Waals surface area contributed by atoms with Crippen molar-refractivity contribution in [3.05, 3.63) is 54.1 Å². The smallest absolute Gasteiger partial charge is 0.338 e. The van der Waals surface area contributed by atoms with Crippen LogP contribution in [0.5, 0.6) is 5.75 Å². The predicted octanol–water partition coefficient (Wildman–Crippen LogP) is 2.71. The Kier molecular flexibility index (Phi) is 6.73. The van der Waals surface area contributed by atoms with Crippen LogP contribution >= 0.6 is 0 Å². The number of ether oxygens (including phenoxy) is 2. The summed E-state index contributed by atoms with van der Waals surface area (Å²) in [6, 6.07) is 12.3. The summed E-state index contributed by atoms with van der Waals surface area (Å²) >= 11 is 0. The second-order valence-corrected chi connectivity index (χ2v) is 8.63. The maximum atomic E-state index is 12.4. The van der Waals surface area contributed by atoms with Gasteiger partial charge in [-0.1, -0.05) is 6.07 Å². The maximum absolute atomic E-state index is 12.4. The topological polar surface area (TPSA) is 111 Å². The summed E-state index contributed by atoms with van der Waals surface area (Å²) in [5.74, 6) is -0.611. The van der Waals surface area contributed by atoms with E-state index in [0.717, 1.165) is 12.8 Å². The Bertz CT molecular complexity index is 1020. The molecule has 1 unspecified atom stereocenters. The Hall–Kier alpha value is -2.91. The molecule has 0 radical (unpaired) electrons. The standard InChI is InChI=1S/C21H24N2O6S/c1-3-28-18-11-9-16(10-12-18)22-20(24)14(2)29-21(25)15-5-4-6-19(13-15)30(26,27)23-17-7-8-17/h4-6,9-14,17,23H,3,7-8H2,1-2H3,(H,22,24). The van der Waals surface area contributed by atoms with Gasteiger partial charge in [-0.2, -0.15) is 0 Å². The average molecular weight is 432 g/mol. The Balaban J connectivity index is 1.60. The number of carbonyl (C=O) groups excluding carboxylic acids is 2. The van der Waals surface area contributed by atoms with Crippen molar-refractivity contribution in [2.24, 2.45) is 0 Å². The van der Waals surface area contributed by atoms with Crippen molar-refractivity contribution in [3.63, 3.8) is 0 Å². The Morgan fingerprint density at radius 1 is 1.13 bits per heavy atom. The van der Waals surface area contributed by atoms with Gasteiger partial charge < -0.3 is 14.8 Å². The molecular formula is C21H24N2O6S. The van der Waals surface area contributed by atoms with Crippen LogP contribution in [0, 0.1) is 0 Å². The van der Waals surface area contributed by atoms with Crippen molar-refractivity contribution in [1.29, 1.82) is 0 Å². The molecule has 8 nitrogen and oxygen atoms in total. The van der Waals surface area contributed by atoms with Gasteiger partial charge in [0.2, 0.25) is 10.0 Å². The molecular weight excluding hydrogens is 408 g/mol. The Morgan fingerprint density at radius 3 is 2.47 bits per heavy atom. The normalized spacial score (nSPS) is 14.6. The largest absolute Gasteiger partial charge is 0.494 e. The van der Waals surface area contributed by atoms with E-state index in [9.17, 15) is 18.0 Å². The van der Waals surface area contributed by atoms with E-state index in [1.54, 1.807) is 24.3 Å². The highest BCUT2D eigenvalue weighted by molar-refractivity contribution is 7.89. The lowest BCUT2D eigenvalue weighted by molar-refractivity contribution is -0.123. The maximum Gasteiger partial charge on any atom is 0.338 e. The average Bonchev–Trinajstić information content (AvgIpc) is 3.53. The van der Waals surface area contributed by atoms with Crippen LogP contribution in [0.4, 0.5) is 5.69 Å². The third-order valence-corrected chi connectivity index (χ3v) is 5.88. The van der Waals surface area contributed by atoms with Crippen molar-refractivity contribution in [2.45, 2.75) is 43.7 Å². The molecule has 2 N–H and O–H groups in total. The Labute approximate surface area is 175 Å². The van der Waals surface area contributed by atoms with Crippen molar-refractivity contribution >= 4 is 27.6 Å². The van der Waals surface area contributed by atoms with Crippen LogP contribution in [0.1, 0.15) is 37.0 Å². The highest BCUT2D eigenvalue weighted by atomic mass is 32.2. The SMILES string of the molecule is CCOc1ccc(NC(=O)C(C)OC(=O)c2cccc(S(=O)(=O)NC3CC3)c2)cc1. The fraction of sp³-hybridized carbons (Fsp3) is 0.333. The molecule has 9 heteroatoms. The molecule has 2 aromatic rings. The van der Waals surface area contributed by atoms with Crippen molar-refractivity contribution in [1.82, 2.24) is 4.72 Å². The highest BCUT2D eigenvalue weighted by Gasteiger charge is 2.28. The summed E-state index contributed by atoms with van der Waals surface area (Å²) in [4.78, 5) is 24.7. The van der Waals surface area contributed by atoms with Crippen molar-refractivity contribution in [3.8, 4) is 5.75 Å². The van der Waals surface area contributed by atoms with E-state index in [2.05, 4.69) is 10.0 Å². The predicted molar refractivity (Wildman–Crippen MR) is 111 cm³/mol. The lowest BCUT2D eigenvalue weighted by atomic mass is 10.2. The van der Waals surface area contributed by atoms with Crippen LogP contribution in [0.2, 0.25) is 0 Å². The van der Waals surface area contributed by atoms with E-state index in [-0.39, 0.29) is 16.5 Å². The van der Waals surface area contributed by atoms with E-state index in [0.29, 0.717) is 18.0 Å². The second-order valence-electron chi connectivity index (χ2n) is 6.92. The molecule has 3 rings (SSSR count). The number of nitrogens with one attached hydrogen (secondary N) is 2. The third-order valence-electron chi connectivity index (χ3n) is 4.37. The summed E-state index contributed by atoms with van der Waals surface area (Å²) in [5, 5.41) is 2.65. The number of rotatable bonds is 9. The molecule has 2 aromatic carbocycles. The van der Waals surface area contributed by atoms with Crippen LogP contribution in [0.3, 0.4) is 0 Å². The third kappa shape index (κ3) is 5.80. The minimum absolute atomic E-state index is 0.0182. The summed E-state index contributed by atoms with van der Waals surface area (Å²) in [5.41, 5.74) is 0.583. The zero-order valence-corrected chi connectivity index (χ0v) is 17.6. The fourth-order valence-corrected chi connectivity index (χ4v) is 3.96. The van der Waals surface area contributed by atoms with Gasteiger partial charge in [0.25, 0.3) is 5.91 Å². The van der Waals surface area contributed by atoms with Crippen LogP contribution in [-0.4, -0.2) is 39.0 Å². The minimum Gasteiger partial charge on any atom is -0.494 e. The number of anilines is 1. The molecule has 1 aliphatic rings. The molecule has 0 aliphatic heterocycles. The molecule has 1 amide bonds. The molecule has 160 valence electrons. The van der Waals surface area contributed by atoms with Crippen molar-refractivity contribution < 1.29 is 27.5 Å². The van der Waals surface area contributed by atoms with Crippen LogP contribution in [0.15, 0.2) is 53.4 Å². The number of carbonyl (C=O) groups is 2. The van der Waals surface area contributed by atoms with Gasteiger partial charge in [-0.05, 0) is 69.2 Å². The van der Waals surface area contributed by atoms with E-state index >= 15 is 0 Å². The lowest BCUT2D eigenvalue weighted by Crippen LogP contribution is -2.30. The summed E-state index contributed by atoms with van der Waals surface area (Å²) in [6.07, 6.45) is 0.540. The van der Waals surface area contributed by atoms with Gasteiger partial charge in [0, 0.05) is 11.7 Å². The zero-order chi connectivity index (χ0) is 21.7. The van der Waals surface area contributed by atoms with Gasteiger partial charge in [0.1, 0.15) is 5.75 Å². The first-order valence-electron chi connectivity index (χ1n) is 9.65. The number of benzene rings is 2. The van der Waals surface area contributed by atoms with Crippen LogP contribution in [-0.2, 0) is 19.6 Å². The van der Waals surface area contributed by atoms with E-state index in [1.165, 1.54) is 31.2 Å². The molecule has 1 fully saturated rings. The lowest BCUT2D eigenvalue weighted by Gasteiger charge is -2.14. The fourth-order valence-electron chi connectivity index (χ4n) is 2.61. The molecule has 1 atom stereocenters. The zero-order valence-electron chi connectivity index (χ0n) is 16.8. The molecule has 1 saturated carbocycles. The monoisotopic (exact) mass is 432 g/mol. The number of hydrogen-bond donors (Lipinski definition) is 2. The highest BCUT2D eigenvalue weighted by Crippen LogP contribution is 2.23. The van der Waals surface area contributed by atoms with Gasteiger partial charge in [0.15, 0.2) is 6.10 Å². The first-order valence-corrected chi connectivity index (χ1v) is 11.1. The summed E-state index contributed by atoms with van der Waals surface area (Å²) in [7, 11) is -3.69. The van der Waals surface area contributed by atoms with Gasteiger partial charge in [-0.3, -0.25) is 4.79 Å².